The Hall–Kier alpha value is -2.63. The van der Waals surface area contributed by atoms with Crippen molar-refractivity contribution in [3.05, 3.63) is 35.9 Å². The molecule has 0 aliphatic heterocycles. The third kappa shape index (κ3) is 7.51. The van der Waals surface area contributed by atoms with Gasteiger partial charge in [0.05, 0.1) is 0 Å². The molecule has 0 aromatic heterocycles. The fourth-order valence-corrected chi connectivity index (χ4v) is 1.54. The first-order valence-corrected chi connectivity index (χ1v) is 6.41. The summed E-state index contributed by atoms with van der Waals surface area (Å²) >= 11 is 0. The molecule has 0 fully saturated rings. The lowest BCUT2D eigenvalue weighted by Gasteiger charge is -2.04. The van der Waals surface area contributed by atoms with Gasteiger partial charge in [-0.1, -0.05) is 12.1 Å². The summed E-state index contributed by atoms with van der Waals surface area (Å²) in [6.07, 6.45) is 3.54. The van der Waals surface area contributed by atoms with Crippen LogP contribution >= 0.6 is 0 Å². The van der Waals surface area contributed by atoms with Crippen LogP contribution in [0.25, 0.3) is 6.08 Å². The quantitative estimate of drug-likeness (QED) is 0.330. The van der Waals surface area contributed by atoms with E-state index in [1.165, 1.54) is 6.08 Å². The monoisotopic (exact) mass is 292 g/mol. The lowest BCUT2D eigenvalue weighted by molar-refractivity contribution is -0.138. The Labute approximate surface area is 121 Å². The molecule has 112 valence electrons. The molecule has 0 bridgehead atoms. The number of benzene rings is 1. The number of ether oxygens (including phenoxy) is 1. The molecule has 0 atom stereocenters. The normalized spacial score (nSPS) is 10.5. The standard InChI is InChI=1S/C15H16O6/c16-13(17)3-1-2-4-15(20)21-12-8-5-11(6-9-12)7-10-14(18)19/h5-10H,1-4H2,(H,16,17)(H,18,19)/b10-7+. The van der Waals surface area contributed by atoms with Crippen LogP contribution in [0.1, 0.15) is 31.2 Å². The van der Waals surface area contributed by atoms with Gasteiger partial charge in [0.25, 0.3) is 0 Å². The molecule has 0 saturated carbocycles. The van der Waals surface area contributed by atoms with Crippen LogP contribution in [0.2, 0.25) is 0 Å². The Balaban J connectivity index is 2.39. The van der Waals surface area contributed by atoms with Gasteiger partial charge in [-0.2, -0.15) is 0 Å². The first-order chi connectivity index (χ1) is 9.97. The summed E-state index contributed by atoms with van der Waals surface area (Å²) in [6, 6.07) is 6.40. The van der Waals surface area contributed by atoms with E-state index < -0.39 is 17.9 Å². The average molecular weight is 292 g/mol. The molecule has 0 saturated heterocycles. The number of hydrogen-bond donors (Lipinski definition) is 2. The van der Waals surface area contributed by atoms with Gasteiger partial charge in [0.15, 0.2) is 0 Å². The van der Waals surface area contributed by atoms with E-state index in [0.29, 0.717) is 24.2 Å². The molecular weight excluding hydrogens is 276 g/mol. The summed E-state index contributed by atoms with van der Waals surface area (Å²) in [4.78, 5) is 32.2. The lowest BCUT2D eigenvalue weighted by atomic mass is 10.2. The van der Waals surface area contributed by atoms with Crippen LogP contribution in [0.3, 0.4) is 0 Å². The molecule has 1 aromatic carbocycles. The molecule has 0 aliphatic carbocycles. The van der Waals surface area contributed by atoms with Gasteiger partial charge in [-0.3, -0.25) is 9.59 Å². The Morgan fingerprint density at radius 2 is 1.62 bits per heavy atom. The highest BCUT2D eigenvalue weighted by Crippen LogP contribution is 2.14. The van der Waals surface area contributed by atoms with Gasteiger partial charge in [-0.15, -0.1) is 0 Å². The molecule has 6 nitrogen and oxygen atoms in total. The summed E-state index contributed by atoms with van der Waals surface area (Å²) in [7, 11) is 0. The Bertz CT molecular complexity index is 530. The van der Waals surface area contributed by atoms with E-state index in [-0.39, 0.29) is 12.8 Å². The Morgan fingerprint density at radius 3 is 2.19 bits per heavy atom. The third-order valence-electron chi connectivity index (χ3n) is 2.55. The molecule has 0 aliphatic rings. The molecule has 0 amide bonds. The number of aliphatic carboxylic acids is 2. The highest BCUT2D eigenvalue weighted by molar-refractivity contribution is 5.85. The van der Waals surface area contributed by atoms with Crippen LogP contribution in [0, 0.1) is 0 Å². The molecule has 0 radical (unpaired) electrons. The average Bonchev–Trinajstić information content (AvgIpc) is 2.42. The maximum absolute atomic E-state index is 11.5. The van der Waals surface area contributed by atoms with Crippen molar-refractivity contribution >= 4 is 24.0 Å². The number of hydrogen-bond acceptors (Lipinski definition) is 4. The highest BCUT2D eigenvalue weighted by Gasteiger charge is 2.05. The van der Waals surface area contributed by atoms with Crippen LogP contribution in [0.5, 0.6) is 5.75 Å². The summed E-state index contributed by atoms with van der Waals surface area (Å²) in [5.74, 6) is -1.97. The second-order valence-corrected chi connectivity index (χ2v) is 4.32. The zero-order valence-corrected chi connectivity index (χ0v) is 11.3. The van der Waals surface area contributed by atoms with Gasteiger partial charge < -0.3 is 14.9 Å². The zero-order valence-electron chi connectivity index (χ0n) is 11.3. The lowest BCUT2D eigenvalue weighted by Crippen LogP contribution is -2.07. The van der Waals surface area contributed by atoms with Crippen molar-refractivity contribution in [1.82, 2.24) is 0 Å². The van der Waals surface area contributed by atoms with Crippen molar-refractivity contribution in [3.63, 3.8) is 0 Å². The second kappa shape index (κ2) is 8.52. The predicted octanol–water partition coefficient (Wildman–Crippen LogP) is 2.33. The fourth-order valence-electron chi connectivity index (χ4n) is 1.54. The topological polar surface area (TPSA) is 101 Å². The molecule has 1 aromatic rings. The smallest absolute Gasteiger partial charge is 0.328 e. The highest BCUT2D eigenvalue weighted by atomic mass is 16.5. The zero-order chi connectivity index (χ0) is 15.7. The van der Waals surface area contributed by atoms with Crippen molar-refractivity contribution in [3.8, 4) is 5.75 Å². The van der Waals surface area contributed by atoms with Crippen molar-refractivity contribution in [1.29, 1.82) is 0 Å². The van der Waals surface area contributed by atoms with Crippen molar-refractivity contribution in [2.75, 3.05) is 0 Å². The van der Waals surface area contributed by atoms with Gasteiger partial charge in [0.2, 0.25) is 0 Å². The van der Waals surface area contributed by atoms with Crippen molar-refractivity contribution in [2.24, 2.45) is 0 Å². The molecule has 0 unspecified atom stereocenters. The summed E-state index contributed by atoms with van der Waals surface area (Å²) < 4.78 is 5.08. The second-order valence-electron chi connectivity index (χ2n) is 4.32. The molecule has 21 heavy (non-hydrogen) atoms. The number of carboxylic acid groups (broad SMARTS) is 2. The molecule has 2 N–H and O–H groups in total. The number of carbonyl (C=O) groups excluding carboxylic acids is 1. The van der Waals surface area contributed by atoms with E-state index in [1.54, 1.807) is 24.3 Å². The minimum absolute atomic E-state index is 0.0396. The van der Waals surface area contributed by atoms with Crippen LogP contribution < -0.4 is 4.74 Å². The Morgan fingerprint density at radius 1 is 1.00 bits per heavy atom. The van der Waals surface area contributed by atoms with Gasteiger partial charge in [0.1, 0.15) is 5.75 Å². The van der Waals surface area contributed by atoms with Gasteiger partial charge in [-0.25, -0.2) is 4.79 Å². The SMILES string of the molecule is O=C(O)/C=C/c1ccc(OC(=O)CCCCC(=O)O)cc1. The van der Waals surface area contributed by atoms with Crippen LogP contribution in [-0.2, 0) is 14.4 Å². The number of esters is 1. The maximum atomic E-state index is 11.5. The molecular formula is C15H16O6. The molecule has 0 spiro atoms. The fraction of sp³-hybridized carbons (Fsp3) is 0.267. The van der Waals surface area contributed by atoms with Crippen LogP contribution in [-0.4, -0.2) is 28.1 Å². The van der Waals surface area contributed by atoms with Crippen LogP contribution in [0.4, 0.5) is 0 Å². The minimum Gasteiger partial charge on any atom is -0.481 e. The predicted molar refractivity (Wildman–Crippen MR) is 74.9 cm³/mol. The van der Waals surface area contributed by atoms with E-state index in [9.17, 15) is 14.4 Å². The van der Waals surface area contributed by atoms with E-state index in [4.69, 9.17) is 14.9 Å². The number of carboxylic acids is 2. The largest absolute Gasteiger partial charge is 0.481 e. The van der Waals surface area contributed by atoms with Crippen molar-refractivity contribution < 1.29 is 29.3 Å². The van der Waals surface area contributed by atoms with Gasteiger partial charge in [-0.05, 0) is 36.6 Å². The Kier molecular flexibility index (Phi) is 6.67. The number of rotatable bonds is 8. The van der Waals surface area contributed by atoms with Gasteiger partial charge >= 0.3 is 17.9 Å². The minimum atomic E-state index is -1.04. The van der Waals surface area contributed by atoms with E-state index in [2.05, 4.69) is 0 Å². The number of unbranched alkanes of at least 4 members (excludes halogenated alkanes) is 1. The van der Waals surface area contributed by atoms with E-state index in [1.807, 2.05) is 0 Å². The third-order valence-corrected chi connectivity index (χ3v) is 2.55. The van der Waals surface area contributed by atoms with Crippen LogP contribution in [0.15, 0.2) is 30.3 Å². The summed E-state index contributed by atoms with van der Waals surface area (Å²) in [5, 5.41) is 17.0. The summed E-state index contributed by atoms with van der Waals surface area (Å²) in [6.45, 7) is 0. The summed E-state index contributed by atoms with van der Waals surface area (Å²) in [5.41, 5.74) is 0.679. The maximum Gasteiger partial charge on any atom is 0.328 e. The van der Waals surface area contributed by atoms with E-state index in [0.717, 1.165) is 6.08 Å². The van der Waals surface area contributed by atoms with E-state index >= 15 is 0 Å². The molecule has 0 heterocycles. The molecule has 1 rings (SSSR count). The number of carbonyl (C=O) groups is 3. The first kappa shape index (κ1) is 16.4. The van der Waals surface area contributed by atoms with Crippen molar-refractivity contribution in [2.45, 2.75) is 25.7 Å². The molecule has 6 heteroatoms. The first-order valence-electron chi connectivity index (χ1n) is 6.41. The van der Waals surface area contributed by atoms with Gasteiger partial charge in [0, 0.05) is 18.9 Å².